The number of hydrogen-bond acceptors (Lipinski definition) is 4. The van der Waals surface area contributed by atoms with Crippen molar-refractivity contribution >= 4 is 43.6 Å². The van der Waals surface area contributed by atoms with E-state index in [9.17, 15) is 5.11 Å². The fourth-order valence-electron chi connectivity index (χ4n) is 4.48. The average Bonchev–Trinajstić information content (AvgIpc) is 3.25. The van der Waals surface area contributed by atoms with Gasteiger partial charge in [0.2, 0.25) is 0 Å². The molecule has 7 heteroatoms. The van der Waals surface area contributed by atoms with Gasteiger partial charge in [-0.25, -0.2) is 4.98 Å². The maximum atomic E-state index is 9.24. The summed E-state index contributed by atoms with van der Waals surface area (Å²) in [6.45, 7) is 2.90. The summed E-state index contributed by atoms with van der Waals surface area (Å²) in [5.74, 6) is 1.74. The molecule has 0 amide bonds. The molecule has 0 saturated carbocycles. The molecule has 2 aromatic carbocycles. The Balaban J connectivity index is 1.72. The number of aryl methyl sites for hydroxylation is 1. The van der Waals surface area contributed by atoms with Crippen molar-refractivity contribution in [3.63, 3.8) is 0 Å². The van der Waals surface area contributed by atoms with Gasteiger partial charge in [0, 0.05) is 43.1 Å². The molecule has 0 aliphatic carbocycles. The molecule has 0 radical (unpaired) electrons. The van der Waals surface area contributed by atoms with Gasteiger partial charge in [-0.15, -0.1) is 0 Å². The van der Waals surface area contributed by atoms with E-state index in [0.29, 0.717) is 0 Å². The fourth-order valence-corrected chi connectivity index (χ4v) is 4.90. The van der Waals surface area contributed by atoms with Gasteiger partial charge in [-0.05, 0) is 30.7 Å². The van der Waals surface area contributed by atoms with E-state index in [4.69, 9.17) is 9.72 Å². The molecular weight excluding hydrogens is 432 g/mol. The summed E-state index contributed by atoms with van der Waals surface area (Å²) < 4.78 is 11.1. The van der Waals surface area contributed by atoms with Gasteiger partial charge in [-0.3, -0.25) is 0 Å². The number of aliphatic hydroxyl groups is 1. The molecule has 5 rings (SSSR count). The van der Waals surface area contributed by atoms with Crippen molar-refractivity contribution in [2.75, 3.05) is 31.7 Å². The van der Waals surface area contributed by atoms with Crippen LogP contribution in [0.4, 0.5) is 5.69 Å². The van der Waals surface area contributed by atoms with E-state index in [-0.39, 0.29) is 6.61 Å². The first kappa shape index (κ1) is 18.5. The Bertz CT molecular complexity index is 1230. The van der Waals surface area contributed by atoms with Crippen LogP contribution in [0.25, 0.3) is 33.5 Å². The van der Waals surface area contributed by atoms with Gasteiger partial charge in [-0.2, -0.15) is 0 Å². The van der Waals surface area contributed by atoms with E-state index >= 15 is 0 Å². The number of ether oxygens (including phenoxy) is 1. The number of anilines is 1. The number of benzene rings is 2. The van der Waals surface area contributed by atoms with Crippen LogP contribution in [0, 0.1) is 0 Å². The lowest BCUT2D eigenvalue weighted by molar-refractivity contribution is 0.289. The molecule has 150 valence electrons. The maximum Gasteiger partial charge on any atom is 0.157 e. The van der Waals surface area contributed by atoms with Crippen molar-refractivity contribution in [1.29, 1.82) is 0 Å². The second-order valence-corrected chi connectivity index (χ2v) is 8.35. The number of halogens is 1. The van der Waals surface area contributed by atoms with Gasteiger partial charge in [0.25, 0.3) is 0 Å². The van der Waals surface area contributed by atoms with E-state index < -0.39 is 0 Å². The number of para-hydroxylation sites is 1. The lowest BCUT2D eigenvalue weighted by atomic mass is 10.1. The van der Waals surface area contributed by atoms with Crippen LogP contribution in [0.15, 0.2) is 40.9 Å². The van der Waals surface area contributed by atoms with E-state index in [1.807, 2.05) is 19.2 Å². The zero-order valence-electron chi connectivity index (χ0n) is 16.5. The number of imidazole rings is 1. The maximum absolute atomic E-state index is 9.24. The quantitative estimate of drug-likeness (QED) is 0.491. The number of fused-ring (bicyclic) bond motifs is 1. The normalized spacial score (nSPS) is 13.6. The summed E-state index contributed by atoms with van der Waals surface area (Å²) in [5, 5.41) is 10.5. The van der Waals surface area contributed by atoms with E-state index in [1.165, 1.54) is 16.6 Å². The van der Waals surface area contributed by atoms with Crippen molar-refractivity contribution in [3.8, 4) is 17.3 Å². The summed E-state index contributed by atoms with van der Waals surface area (Å²) in [5.41, 5.74) is 5.49. The largest absolute Gasteiger partial charge is 0.494 e. The van der Waals surface area contributed by atoms with Gasteiger partial charge in [0.1, 0.15) is 11.3 Å². The highest BCUT2D eigenvalue weighted by atomic mass is 79.9. The molecule has 6 nitrogen and oxygen atoms in total. The predicted octanol–water partition coefficient (Wildman–Crippen LogP) is 4.17. The zero-order chi connectivity index (χ0) is 20.1. The molecule has 1 N–H and O–H groups in total. The molecular formula is C22H23BrN4O2. The Morgan fingerprint density at radius 2 is 2.03 bits per heavy atom. The second kappa shape index (κ2) is 7.07. The van der Waals surface area contributed by atoms with Crippen LogP contribution in [-0.2, 0) is 13.6 Å². The number of aliphatic hydroxyl groups excluding tert-OH is 1. The molecule has 2 aromatic heterocycles. The van der Waals surface area contributed by atoms with Crippen LogP contribution >= 0.6 is 15.9 Å². The minimum Gasteiger partial charge on any atom is -0.494 e. The first-order chi connectivity index (χ1) is 14.1. The molecule has 0 fully saturated rings. The first-order valence-electron chi connectivity index (χ1n) is 9.80. The molecule has 0 atom stereocenters. The van der Waals surface area contributed by atoms with Crippen molar-refractivity contribution in [2.45, 2.75) is 13.0 Å². The van der Waals surface area contributed by atoms with Crippen LogP contribution in [-0.4, -0.2) is 46.0 Å². The number of hydrogen-bond donors (Lipinski definition) is 1. The second-order valence-electron chi connectivity index (χ2n) is 7.43. The summed E-state index contributed by atoms with van der Waals surface area (Å²) >= 11 is 3.56. The number of methoxy groups -OCH3 is 1. The smallest absolute Gasteiger partial charge is 0.157 e. The van der Waals surface area contributed by atoms with Gasteiger partial charge < -0.3 is 23.9 Å². The molecule has 1 aliphatic heterocycles. The van der Waals surface area contributed by atoms with Crippen molar-refractivity contribution in [2.24, 2.45) is 7.05 Å². The van der Waals surface area contributed by atoms with E-state index in [0.717, 1.165) is 58.8 Å². The minimum absolute atomic E-state index is 0.218. The third-order valence-electron chi connectivity index (χ3n) is 5.77. The lowest BCUT2D eigenvalue weighted by Crippen LogP contribution is -2.32. The van der Waals surface area contributed by atoms with Gasteiger partial charge >= 0.3 is 0 Å². The summed E-state index contributed by atoms with van der Waals surface area (Å²) in [7, 11) is 3.74. The molecule has 0 saturated heterocycles. The highest BCUT2D eigenvalue weighted by molar-refractivity contribution is 9.10. The van der Waals surface area contributed by atoms with Gasteiger partial charge in [0.05, 0.1) is 29.5 Å². The van der Waals surface area contributed by atoms with Crippen molar-refractivity contribution < 1.29 is 9.84 Å². The fraction of sp³-hybridized carbons (Fsp3) is 0.318. The zero-order valence-corrected chi connectivity index (χ0v) is 18.1. The molecule has 4 aromatic rings. The van der Waals surface area contributed by atoms with Crippen LogP contribution in [0.5, 0.6) is 5.75 Å². The monoisotopic (exact) mass is 454 g/mol. The molecule has 0 unspecified atom stereocenters. The van der Waals surface area contributed by atoms with Crippen LogP contribution in [0.3, 0.4) is 0 Å². The average molecular weight is 455 g/mol. The van der Waals surface area contributed by atoms with E-state index in [2.05, 4.69) is 54.2 Å². The molecule has 1 aliphatic rings. The Kier molecular flexibility index (Phi) is 4.52. The van der Waals surface area contributed by atoms with E-state index in [1.54, 1.807) is 7.11 Å². The summed E-state index contributed by atoms with van der Waals surface area (Å²) in [6, 6.07) is 12.7. The van der Waals surface area contributed by atoms with Gasteiger partial charge in [-0.1, -0.05) is 28.1 Å². The summed E-state index contributed by atoms with van der Waals surface area (Å²) in [6.07, 6.45) is 0.781. The SMILES string of the molecule is COc1cc(Br)cc2nc(-c3cc4cccc5c4n3CCN5CCCO)n(C)c12. The first-order valence-corrected chi connectivity index (χ1v) is 10.6. The molecule has 3 heterocycles. The number of aromatic nitrogens is 3. The highest BCUT2D eigenvalue weighted by Crippen LogP contribution is 2.39. The summed E-state index contributed by atoms with van der Waals surface area (Å²) in [4.78, 5) is 7.34. The molecule has 0 bridgehead atoms. The molecule has 0 spiro atoms. The Hall–Kier alpha value is -2.51. The Morgan fingerprint density at radius 1 is 1.17 bits per heavy atom. The van der Waals surface area contributed by atoms with Crippen LogP contribution in [0.1, 0.15) is 6.42 Å². The molecule has 29 heavy (non-hydrogen) atoms. The predicted molar refractivity (Wildman–Crippen MR) is 120 cm³/mol. The third-order valence-corrected chi connectivity index (χ3v) is 6.23. The highest BCUT2D eigenvalue weighted by Gasteiger charge is 2.24. The number of rotatable bonds is 5. The van der Waals surface area contributed by atoms with Crippen LogP contribution in [0.2, 0.25) is 0 Å². The topological polar surface area (TPSA) is 55.4 Å². The number of nitrogens with zero attached hydrogens (tertiary/aromatic N) is 4. The Morgan fingerprint density at radius 3 is 2.83 bits per heavy atom. The third kappa shape index (κ3) is 2.83. The minimum atomic E-state index is 0.218. The van der Waals surface area contributed by atoms with Crippen molar-refractivity contribution in [1.82, 2.24) is 14.1 Å². The van der Waals surface area contributed by atoms with Crippen LogP contribution < -0.4 is 9.64 Å². The Labute approximate surface area is 177 Å². The lowest BCUT2D eigenvalue weighted by Gasteiger charge is -2.31. The van der Waals surface area contributed by atoms with Gasteiger partial charge in [0.15, 0.2) is 5.82 Å². The standard InChI is InChI=1S/C22H23BrN4O2/c1-25-21-16(12-15(23)13-19(21)29-2)24-22(25)18-11-14-5-3-6-17-20(14)27(18)9-8-26(17)7-4-10-28/h3,5-6,11-13,28H,4,7-10H2,1-2H3. The van der Waals surface area contributed by atoms with Crippen molar-refractivity contribution in [3.05, 3.63) is 40.9 Å².